The first-order valence-corrected chi connectivity index (χ1v) is 9.35. The van der Waals surface area contributed by atoms with Gasteiger partial charge in [-0.05, 0) is 44.9 Å². The molecule has 2 atom stereocenters. The van der Waals surface area contributed by atoms with Crippen LogP contribution in [0.4, 0.5) is 0 Å². The number of carbonyl (C=O) groups is 1. The molecule has 2 aromatic carbocycles. The summed E-state index contributed by atoms with van der Waals surface area (Å²) in [5, 5.41) is 9.50. The fourth-order valence-electron chi connectivity index (χ4n) is 3.77. The van der Waals surface area contributed by atoms with Gasteiger partial charge >= 0.3 is 5.97 Å². The molecule has 4 nitrogen and oxygen atoms in total. The third-order valence-electron chi connectivity index (χ3n) is 5.07. The Morgan fingerprint density at radius 1 is 1.23 bits per heavy atom. The van der Waals surface area contributed by atoms with E-state index >= 15 is 0 Å². The quantitative estimate of drug-likeness (QED) is 0.842. The molecule has 0 radical (unpaired) electrons. The van der Waals surface area contributed by atoms with Crippen molar-refractivity contribution < 1.29 is 14.6 Å². The van der Waals surface area contributed by atoms with Gasteiger partial charge in [0.15, 0.2) is 0 Å². The highest BCUT2D eigenvalue weighted by Gasteiger charge is 2.32. The first kappa shape index (κ1) is 18.5. The SMILES string of the molecule is CCOc1ccccc1C(c1ccc(C)cc1)N1CCCC(C(=O)O)C1. The lowest BCUT2D eigenvalue weighted by Gasteiger charge is -2.38. The highest BCUT2D eigenvalue weighted by molar-refractivity contribution is 5.70. The summed E-state index contributed by atoms with van der Waals surface area (Å²) in [6.45, 7) is 6.12. The van der Waals surface area contributed by atoms with Crippen LogP contribution >= 0.6 is 0 Å². The third-order valence-corrected chi connectivity index (χ3v) is 5.07. The smallest absolute Gasteiger partial charge is 0.307 e. The third kappa shape index (κ3) is 4.07. The van der Waals surface area contributed by atoms with Crippen molar-refractivity contribution >= 4 is 5.97 Å². The van der Waals surface area contributed by atoms with Gasteiger partial charge in [0.1, 0.15) is 5.75 Å². The summed E-state index contributed by atoms with van der Waals surface area (Å²) in [6.07, 6.45) is 1.65. The number of likely N-dealkylation sites (tertiary alicyclic amines) is 1. The minimum absolute atomic E-state index is 0.000463. The van der Waals surface area contributed by atoms with Gasteiger partial charge in [-0.25, -0.2) is 0 Å². The van der Waals surface area contributed by atoms with Gasteiger partial charge in [-0.1, -0.05) is 48.0 Å². The molecular formula is C22H27NO3. The lowest BCUT2D eigenvalue weighted by Crippen LogP contribution is -2.41. The van der Waals surface area contributed by atoms with E-state index in [4.69, 9.17) is 4.74 Å². The second-order valence-electron chi connectivity index (χ2n) is 6.96. The number of carboxylic acid groups (broad SMARTS) is 1. The number of carboxylic acids is 1. The molecule has 1 heterocycles. The second kappa shape index (κ2) is 8.37. The molecule has 1 aliphatic heterocycles. The summed E-state index contributed by atoms with van der Waals surface area (Å²) in [4.78, 5) is 13.9. The second-order valence-corrected chi connectivity index (χ2v) is 6.96. The Kier molecular flexibility index (Phi) is 5.94. The molecule has 1 saturated heterocycles. The van der Waals surface area contributed by atoms with E-state index in [0.717, 1.165) is 30.7 Å². The molecule has 0 spiro atoms. The Hall–Kier alpha value is -2.33. The van der Waals surface area contributed by atoms with Gasteiger partial charge in [0, 0.05) is 12.1 Å². The molecule has 26 heavy (non-hydrogen) atoms. The highest BCUT2D eigenvalue weighted by Crippen LogP contribution is 2.37. The molecule has 1 fully saturated rings. The van der Waals surface area contributed by atoms with Crippen LogP contribution in [0.1, 0.15) is 42.5 Å². The summed E-state index contributed by atoms with van der Waals surface area (Å²) < 4.78 is 5.89. The van der Waals surface area contributed by atoms with E-state index in [1.807, 2.05) is 25.1 Å². The summed E-state index contributed by atoms with van der Waals surface area (Å²) in [5.74, 6) is -0.135. The van der Waals surface area contributed by atoms with E-state index in [2.05, 4.69) is 42.2 Å². The summed E-state index contributed by atoms with van der Waals surface area (Å²) >= 11 is 0. The van der Waals surface area contributed by atoms with Crippen molar-refractivity contribution in [3.05, 3.63) is 65.2 Å². The van der Waals surface area contributed by atoms with E-state index in [9.17, 15) is 9.90 Å². The predicted molar refractivity (Wildman–Crippen MR) is 103 cm³/mol. The van der Waals surface area contributed by atoms with Gasteiger partial charge < -0.3 is 9.84 Å². The molecule has 1 aliphatic rings. The molecule has 2 aromatic rings. The van der Waals surface area contributed by atoms with Crippen molar-refractivity contribution in [1.29, 1.82) is 0 Å². The molecular weight excluding hydrogens is 326 g/mol. The van der Waals surface area contributed by atoms with Crippen LogP contribution in [0.3, 0.4) is 0 Å². The number of hydrogen-bond donors (Lipinski definition) is 1. The molecule has 1 N–H and O–H groups in total. The van der Waals surface area contributed by atoms with Crippen molar-refractivity contribution in [3.8, 4) is 5.75 Å². The molecule has 4 heteroatoms. The van der Waals surface area contributed by atoms with Gasteiger partial charge in [-0.15, -0.1) is 0 Å². The lowest BCUT2D eigenvalue weighted by atomic mass is 9.90. The molecule has 0 aliphatic carbocycles. The summed E-state index contributed by atoms with van der Waals surface area (Å²) in [7, 11) is 0. The van der Waals surface area contributed by atoms with E-state index in [1.165, 1.54) is 11.1 Å². The number of piperidine rings is 1. The van der Waals surface area contributed by atoms with Crippen LogP contribution in [0.15, 0.2) is 48.5 Å². The monoisotopic (exact) mass is 353 g/mol. The fourth-order valence-corrected chi connectivity index (χ4v) is 3.77. The average molecular weight is 353 g/mol. The van der Waals surface area contributed by atoms with Crippen LogP contribution < -0.4 is 4.74 Å². The predicted octanol–water partition coefficient (Wildman–Crippen LogP) is 4.28. The van der Waals surface area contributed by atoms with E-state index < -0.39 is 5.97 Å². The molecule has 0 amide bonds. The fraction of sp³-hybridized carbons (Fsp3) is 0.409. The van der Waals surface area contributed by atoms with E-state index in [1.54, 1.807) is 0 Å². The van der Waals surface area contributed by atoms with Crippen molar-refractivity contribution in [3.63, 3.8) is 0 Å². The van der Waals surface area contributed by atoms with Crippen LogP contribution in [-0.2, 0) is 4.79 Å². The lowest BCUT2D eigenvalue weighted by molar-refractivity contribution is -0.143. The van der Waals surface area contributed by atoms with Crippen LogP contribution in [0.25, 0.3) is 0 Å². The van der Waals surface area contributed by atoms with Crippen LogP contribution in [0.2, 0.25) is 0 Å². The molecule has 2 unspecified atom stereocenters. The number of aliphatic carboxylic acids is 1. The Labute approximate surface area is 155 Å². The Bertz CT molecular complexity index is 741. The van der Waals surface area contributed by atoms with Gasteiger partial charge in [0.2, 0.25) is 0 Å². The molecule has 0 aromatic heterocycles. The molecule has 3 rings (SSSR count). The van der Waals surface area contributed by atoms with Gasteiger partial charge in [0.25, 0.3) is 0 Å². The molecule has 0 saturated carbocycles. The van der Waals surface area contributed by atoms with Gasteiger partial charge in [-0.3, -0.25) is 9.69 Å². The highest BCUT2D eigenvalue weighted by atomic mass is 16.5. The summed E-state index contributed by atoms with van der Waals surface area (Å²) in [5.41, 5.74) is 3.49. The first-order valence-electron chi connectivity index (χ1n) is 9.35. The van der Waals surface area contributed by atoms with Crippen molar-refractivity contribution in [2.75, 3.05) is 19.7 Å². The minimum Gasteiger partial charge on any atom is -0.494 e. The largest absolute Gasteiger partial charge is 0.494 e. The Morgan fingerprint density at radius 2 is 1.96 bits per heavy atom. The number of rotatable bonds is 6. The van der Waals surface area contributed by atoms with Gasteiger partial charge in [0.05, 0.1) is 18.6 Å². The molecule has 138 valence electrons. The first-order chi connectivity index (χ1) is 12.6. The number of nitrogens with zero attached hydrogens (tertiary/aromatic N) is 1. The number of hydrogen-bond acceptors (Lipinski definition) is 3. The average Bonchev–Trinajstić information content (AvgIpc) is 2.65. The molecule has 0 bridgehead atoms. The maximum Gasteiger partial charge on any atom is 0.307 e. The normalized spacial score (nSPS) is 19.1. The summed E-state index contributed by atoms with van der Waals surface area (Å²) in [6, 6.07) is 16.6. The Balaban J connectivity index is 2.02. The van der Waals surface area contributed by atoms with Crippen molar-refractivity contribution in [2.24, 2.45) is 5.92 Å². The number of para-hydroxylation sites is 1. The zero-order chi connectivity index (χ0) is 18.5. The maximum atomic E-state index is 11.6. The number of benzene rings is 2. The van der Waals surface area contributed by atoms with Crippen molar-refractivity contribution in [1.82, 2.24) is 4.90 Å². The number of aryl methyl sites for hydroxylation is 1. The minimum atomic E-state index is -0.699. The van der Waals surface area contributed by atoms with Crippen LogP contribution in [0.5, 0.6) is 5.75 Å². The zero-order valence-electron chi connectivity index (χ0n) is 15.5. The number of ether oxygens (including phenoxy) is 1. The topological polar surface area (TPSA) is 49.8 Å². The van der Waals surface area contributed by atoms with E-state index in [0.29, 0.717) is 13.2 Å². The zero-order valence-corrected chi connectivity index (χ0v) is 15.5. The maximum absolute atomic E-state index is 11.6. The van der Waals surface area contributed by atoms with Crippen LogP contribution in [0, 0.1) is 12.8 Å². The van der Waals surface area contributed by atoms with E-state index in [-0.39, 0.29) is 12.0 Å². The van der Waals surface area contributed by atoms with Gasteiger partial charge in [-0.2, -0.15) is 0 Å². The Morgan fingerprint density at radius 3 is 2.65 bits per heavy atom. The van der Waals surface area contributed by atoms with Crippen molar-refractivity contribution in [2.45, 2.75) is 32.7 Å². The standard InChI is InChI=1S/C22H27NO3/c1-3-26-20-9-5-4-8-19(20)21(17-12-10-16(2)11-13-17)23-14-6-7-18(15-23)22(24)25/h4-5,8-13,18,21H,3,6-7,14-15H2,1-2H3,(H,24,25). The van der Waals surface area contributed by atoms with Crippen LogP contribution in [-0.4, -0.2) is 35.7 Å².